The second kappa shape index (κ2) is 7.16. The van der Waals surface area contributed by atoms with Crippen molar-refractivity contribution in [1.82, 2.24) is 20.0 Å². The van der Waals surface area contributed by atoms with Crippen molar-refractivity contribution in [2.24, 2.45) is 0 Å². The molecule has 0 aromatic heterocycles. The lowest BCUT2D eigenvalue weighted by molar-refractivity contribution is 0.1000. The number of carbonyl (C=O) groups is 1. The van der Waals surface area contributed by atoms with Crippen molar-refractivity contribution in [1.29, 1.82) is 0 Å². The summed E-state index contributed by atoms with van der Waals surface area (Å²) in [7, 11) is 1.87. The van der Waals surface area contributed by atoms with Crippen LogP contribution in [0.1, 0.15) is 13.3 Å². The molecule has 18 heavy (non-hydrogen) atoms. The highest BCUT2D eigenvalue weighted by Gasteiger charge is 2.28. The molecule has 0 aliphatic carbocycles. The van der Waals surface area contributed by atoms with Gasteiger partial charge in [-0.3, -0.25) is 4.90 Å². The Morgan fingerprint density at radius 2 is 2.00 bits per heavy atom. The summed E-state index contributed by atoms with van der Waals surface area (Å²) < 4.78 is 0. The van der Waals surface area contributed by atoms with Gasteiger partial charge in [0, 0.05) is 52.4 Å². The van der Waals surface area contributed by atoms with Crippen LogP contribution in [0.2, 0.25) is 0 Å². The van der Waals surface area contributed by atoms with Gasteiger partial charge in [-0.15, -0.1) is 12.4 Å². The molecular weight excluding hydrogens is 252 g/mol. The van der Waals surface area contributed by atoms with Crippen LogP contribution in [0.5, 0.6) is 0 Å². The van der Waals surface area contributed by atoms with Gasteiger partial charge in [-0.2, -0.15) is 0 Å². The van der Waals surface area contributed by atoms with Gasteiger partial charge in [0.2, 0.25) is 0 Å². The van der Waals surface area contributed by atoms with Gasteiger partial charge < -0.3 is 15.1 Å². The lowest BCUT2D eigenvalue weighted by Gasteiger charge is -2.39. The van der Waals surface area contributed by atoms with E-state index < -0.39 is 0 Å². The third-order valence-corrected chi connectivity index (χ3v) is 3.94. The van der Waals surface area contributed by atoms with Gasteiger partial charge in [0.1, 0.15) is 0 Å². The zero-order valence-electron chi connectivity index (χ0n) is 11.4. The van der Waals surface area contributed by atoms with Crippen LogP contribution in [0.25, 0.3) is 0 Å². The van der Waals surface area contributed by atoms with E-state index in [9.17, 15) is 4.79 Å². The predicted molar refractivity (Wildman–Crippen MR) is 75.4 cm³/mol. The van der Waals surface area contributed by atoms with Gasteiger partial charge in [0.05, 0.1) is 0 Å². The number of hydrogen-bond donors (Lipinski definition) is 1. The molecule has 6 heteroatoms. The molecule has 1 N–H and O–H groups in total. The molecule has 106 valence electrons. The molecule has 0 saturated carbocycles. The molecule has 2 aliphatic rings. The SMILES string of the molecule is CCN(C)C(=O)N1CCN(C2CCNC2)CC1.Cl. The van der Waals surface area contributed by atoms with E-state index in [1.807, 2.05) is 18.9 Å². The summed E-state index contributed by atoms with van der Waals surface area (Å²) in [6, 6.07) is 0.868. The first-order valence-corrected chi connectivity index (χ1v) is 6.67. The molecule has 0 aromatic rings. The Morgan fingerprint density at radius 3 is 2.50 bits per heavy atom. The fourth-order valence-corrected chi connectivity index (χ4v) is 2.61. The monoisotopic (exact) mass is 276 g/mol. The Kier molecular flexibility index (Phi) is 6.18. The van der Waals surface area contributed by atoms with Gasteiger partial charge in [-0.05, 0) is 19.9 Å². The molecule has 0 radical (unpaired) electrons. The first-order valence-electron chi connectivity index (χ1n) is 6.67. The number of hydrogen-bond acceptors (Lipinski definition) is 3. The standard InChI is InChI=1S/C12H24N4O.ClH/c1-3-14(2)12(17)16-8-6-15(7-9-16)11-4-5-13-10-11;/h11,13H,3-10H2,1-2H3;1H. The van der Waals surface area contributed by atoms with Crippen LogP contribution < -0.4 is 5.32 Å². The van der Waals surface area contributed by atoms with E-state index in [1.165, 1.54) is 6.42 Å². The quantitative estimate of drug-likeness (QED) is 0.796. The average molecular weight is 277 g/mol. The molecule has 2 heterocycles. The second-order valence-electron chi connectivity index (χ2n) is 4.97. The van der Waals surface area contributed by atoms with E-state index in [1.54, 1.807) is 4.90 Å². The third kappa shape index (κ3) is 3.49. The molecule has 1 unspecified atom stereocenters. The molecule has 1 atom stereocenters. The fraction of sp³-hybridized carbons (Fsp3) is 0.917. The average Bonchev–Trinajstić information content (AvgIpc) is 2.91. The normalized spacial score (nSPS) is 24.8. The number of urea groups is 1. The van der Waals surface area contributed by atoms with Gasteiger partial charge in [-0.1, -0.05) is 0 Å². The Morgan fingerprint density at radius 1 is 1.33 bits per heavy atom. The number of halogens is 1. The molecule has 2 saturated heterocycles. The number of nitrogens with one attached hydrogen (secondary N) is 1. The van der Waals surface area contributed by atoms with Gasteiger partial charge >= 0.3 is 6.03 Å². The Bertz CT molecular complexity index is 263. The molecule has 2 fully saturated rings. The van der Waals surface area contributed by atoms with Gasteiger partial charge in [-0.25, -0.2) is 4.79 Å². The minimum atomic E-state index is 0. The second-order valence-corrected chi connectivity index (χ2v) is 4.97. The molecule has 2 aliphatic heterocycles. The predicted octanol–water partition coefficient (Wildman–Crippen LogP) is 0.459. The van der Waals surface area contributed by atoms with Crippen molar-refractivity contribution in [3.05, 3.63) is 0 Å². The summed E-state index contributed by atoms with van der Waals surface area (Å²) in [5.74, 6) is 0. The van der Waals surface area contributed by atoms with Crippen molar-refractivity contribution in [3.8, 4) is 0 Å². The maximum absolute atomic E-state index is 12.0. The first-order chi connectivity index (χ1) is 8.22. The van der Waals surface area contributed by atoms with E-state index in [0.717, 1.165) is 45.8 Å². The Balaban J connectivity index is 0.00000162. The van der Waals surface area contributed by atoms with Crippen LogP contribution in [0.4, 0.5) is 4.79 Å². The number of amides is 2. The fourth-order valence-electron chi connectivity index (χ4n) is 2.61. The van der Waals surface area contributed by atoms with Crippen molar-refractivity contribution in [2.45, 2.75) is 19.4 Å². The summed E-state index contributed by atoms with van der Waals surface area (Å²) in [5, 5.41) is 3.40. The molecule has 5 nitrogen and oxygen atoms in total. The molecular formula is C12H25ClN4O. The van der Waals surface area contributed by atoms with E-state index in [0.29, 0.717) is 6.04 Å². The Labute approximate surface area is 116 Å². The highest BCUT2D eigenvalue weighted by atomic mass is 35.5. The van der Waals surface area contributed by atoms with E-state index >= 15 is 0 Å². The maximum Gasteiger partial charge on any atom is 0.319 e. The summed E-state index contributed by atoms with van der Waals surface area (Å²) in [4.78, 5) is 18.3. The summed E-state index contributed by atoms with van der Waals surface area (Å²) in [5.41, 5.74) is 0. The van der Waals surface area contributed by atoms with Crippen molar-refractivity contribution >= 4 is 18.4 Å². The van der Waals surface area contributed by atoms with Crippen LogP contribution in [0, 0.1) is 0 Å². The van der Waals surface area contributed by atoms with Crippen LogP contribution >= 0.6 is 12.4 Å². The van der Waals surface area contributed by atoms with Crippen molar-refractivity contribution in [2.75, 3.05) is 52.9 Å². The number of carbonyl (C=O) groups excluding carboxylic acids is 1. The summed E-state index contributed by atoms with van der Waals surface area (Å²) >= 11 is 0. The molecule has 0 bridgehead atoms. The van der Waals surface area contributed by atoms with Crippen molar-refractivity contribution in [3.63, 3.8) is 0 Å². The maximum atomic E-state index is 12.0. The van der Waals surface area contributed by atoms with Crippen LogP contribution in [-0.4, -0.2) is 79.6 Å². The van der Waals surface area contributed by atoms with E-state index in [-0.39, 0.29) is 18.4 Å². The molecule has 0 spiro atoms. The molecule has 0 aromatic carbocycles. The zero-order chi connectivity index (χ0) is 12.3. The highest BCUT2D eigenvalue weighted by Crippen LogP contribution is 2.12. The number of piperazine rings is 1. The van der Waals surface area contributed by atoms with Crippen LogP contribution in [0.15, 0.2) is 0 Å². The summed E-state index contributed by atoms with van der Waals surface area (Å²) in [6.07, 6.45) is 1.25. The third-order valence-electron chi connectivity index (χ3n) is 3.94. The number of nitrogens with zero attached hydrogens (tertiary/aromatic N) is 3. The minimum absolute atomic E-state index is 0. The largest absolute Gasteiger partial charge is 0.328 e. The minimum Gasteiger partial charge on any atom is -0.328 e. The number of rotatable bonds is 2. The topological polar surface area (TPSA) is 38.8 Å². The van der Waals surface area contributed by atoms with Crippen LogP contribution in [0.3, 0.4) is 0 Å². The first kappa shape index (κ1) is 15.5. The van der Waals surface area contributed by atoms with Crippen molar-refractivity contribution < 1.29 is 4.79 Å². The zero-order valence-corrected chi connectivity index (χ0v) is 12.2. The van der Waals surface area contributed by atoms with Gasteiger partial charge in [0.15, 0.2) is 0 Å². The highest BCUT2D eigenvalue weighted by molar-refractivity contribution is 5.85. The molecule has 2 amide bonds. The van der Waals surface area contributed by atoms with Crippen LogP contribution in [-0.2, 0) is 0 Å². The lowest BCUT2D eigenvalue weighted by Crippen LogP contribution is -2.54. The van der Waals surface area contributed by atoms with E-state index in [2.05, 4.69) is 10.2 Å². The smallest absolute Gasteiger partial charge is 0.319 e. The van der Waals surface area contributed by atoms with E-state index in [4.69, 9.17) is 0 Å². The molecule has 2 rings (SSSR count). The Hall–Kier alpha value is -0.520. The summed E-state index contributed by atoms with van der Waals surface area (Å²) in [6.45, 7) is 8.85. The van der Waals surface area contributed by atoms with Gasteiger partial charge in [0.25, 0.3) is 0 Å². The lowest BCUT2D eigenvalue weighted by atomic mass is 10.2.